The molecule has 5 heteroatoms. The van der Waals surface area contributed by atoms with Gasteiger partial charge in [-0.1, -0.05) is 48.0 Å². The van der Waals surface area contributed by atoms with Gasteiger partial charge >= 0.3 is 0 Å². The third kappa shape index (κ3) is 2.97. The van der Waals surface area contributed by atoms with Gasteiger partial charge in [-0.3, -0.25) is 0 Å². The van der Waals surface area contributed by atoms with Crippen LogP contribution < -0.4 is 15.2 Å². The van der Waals surface area contributed by atoms with Gasteiger partial charge in [-0.2, -0.15) is 0 Å². The lowest BCUT2D eigenvalue weighted by molar-refractivity contribution is -0.0843. The first-order valence-electron chi connectivity index (χ1n) is 10.3. The second kappa shape index (κ2) is 7.77. The van der Waals surface area contributed by atoms with Gasteiger partial charge in [0.1, 0.15) is 11.5 Å². The Kier molecular flexibility index (Phi) is 5.43. The number of halogens is 1. The molecule has 0 aromatic heterocycles. The van der Waals surface area contributed by atoms with Gasteiger partial charge in [0, 0.05) is 28.6 Å². The SMILES string of the molecule is CCOc1ccc2c(c1)O[C@@]1(/C(C)=C/C=C(\C)Cl)[C@H](c3ccccc3)C[C@@H](N)[C@@]21O. The van der Waals surface area contributed by atoms with Crippen LogP contribution in [-0.4, -0.2) is 23.4 Å². The van der Waals surface area contributed by atoms with Crippen LogP contribution in [0.5, 0.6) is 11.5 Å². The van der Waals surface area contributed by atoms with E-state index in [2.05, 4.69) is 12.1 Å². The maximum atomic E-state index is 12.2. The van der Waals surface area contributed by atoms with Crippen molar-refractivity contribution in [3.05, 3.63) is 82.4 Å². The second-order valence-electron chi connectivity index (χ2n) is 8.10. The monoisotopic (exact) mass is 425 g/mol. The summed E-state index contributed by atoms with van der Waals surface area (Å²) in [6.07, 6.45) is 4.36. The molecule has 0 saturated heterocycles. The van der Waals surface area contributed by atoms with Crippen molar-refractivity contribution in [2.45, 2.75) is 50.4 Å². The smallest absolute Gasteiger partial charge is 0.171 e. The van der Waals surface area contributed by atoms with E-state index in [0.717, 1.165) is 11.1 Å². The quantitative estimate of drug-likeness (QED) is 0.661. The number of benzene rings is 2. The average Bonchev–Trinajstić information content (AvgIpc) is 3.13. The van der Waals surface area contributed by atoms with Crippen LogP contribution in [0.15, 0.2) is 71.3 Å². The Morgan fingerprint density at radius 2 is 1.97 bits per heavy atom. The topological polar surface area (TPSA) is 64.7 Å². The second-order valence-corrected chi connectivity index (χ2v) is 8.70. The third-order valence-corrected chi connectivity index (χ3v) is 6.51. The lowest BCUT2D eigenvalue weighted by Gasteiger charge is -2.41. The standard InChI is InChI=1S/C25H28ClNO3/c1-4-29-19-12-13-20-22(14-19)30-25(16(2)10-11-17(3)26)21(15-23(27)24(20,25)28)18-8-6-5-7-9-18/h5-14,21,23,28H,4,15,27H2,1-3H3/b16-10+,17-11+/t21-,23+,24-,25-/m0/s1. The average molecular weight is 426 g/mol. The Bertz CT molecular complexity index is 999. The molecular weight excluding hydrogens is 398 g/mol. The molecule has 2 aliphatic rings. The molecule has 0 spiro atoms. The van der Waals surface area contributed by atoms with Gasteiger partial charge in [-0.15, -0.1) is 0 Å². The van der Waals surface area contributed by atoms with Crippen molar-refractivity contribution < 1.29 is 14.6 Å². The normalized spacial score (nSPS) is 30.6. The van der Waals surface area contributed by atoms with Crippen molar-refractivity contribution in [2.24, 2.45) is 5.73 Å². The highest BCUT2D eigenvalue weighted by atomic mass is 35.5. The fourth-order valence-corrected chi connectivity index (χ4v) is 5.15. The minimum atomic E-state index is -1.37. The van der Waals surface area contributed by atoms with Gasteiger partial charge in [0.05, 0.1) is 6.61 Å². The van der Waals surface area contributed by atoms with Gasteiger partial charge in [0.2, 0.25) is 0 Å². The van der Waals surface area contributed by atoms with Crippen LogP contribution in [0.2, 0.25) is 0 Å². The number of ether oxygens (including phenoxy) is 2. The number of fused-ring (bicyclic) bond motifs is 3. The van der Waals surface area contributed by atoms with Crippen LogP contribution in [-0.2, 0) is 5.60 Å². The first-order valence-corrected chi connectivity index (χ1v) is 10.7. The zero-order valence-corrected chi connectivity index (χ0v) is 18.3. The van der Waals surface area contributed by atoms with Crippen molar-refractivity contribution in [1.82, 2.24) is 0 Å². The molecule has 3 N–H and O–H groups in total. The first kappa shape index (κ1) is 21.0. The van der Waals surface area contributed by atoms with E-state index in [1.54, 1.807) is 0 Å². The summed E-state index contributed by atoms with van der Waals surface area (Å²) in [6.45, 7) is 6.29. The van der Waals surface area contributed by atoms with Crippen LogP contribution in [0.25, 0.3) is 0 Å². The minimum absolute atomic E-state index is 0.123. The van der Waals surface area contributed by atoms with E-state index < -0.39 is 17.2 Å². The molecule has 0 amide bonds. The molecule has 0 unspecified atom stereocenters. The van der Waals surface area contributed by atoms with Crippen LogP contribution >= 0.6 is 11.6 Å². The van der Waals surface area contributed by atoms with Gasteiger partial charge in [-0.05, 0) is 56.5 Å². The van der Waals surface area contributed by atoms with Crippen molar-refractivity contribution in [3.8, 4) is 11.5 Å². The maximum absolute atomic E-state index is 12.2. The Morgan fingerprint density at radius 3 is 2.63 bits per heavy atom. The predicted octanol–water partition coefficient (Wildman–Crippen LogP) is 5.01. The van der Waals surface area contributed by atoms with E-state index in [4.69, 9.17) is 26.8 Å². The number of allylic oxidation sites excluding steroid dienone is 3. The minimum Gasteiger partial charge on any atom is -0.494 e. The Balaban J connectivity index is 1.94. The van der Waals surface area contributed by atoms with E-state index in [9.17, 15) is 5.11 Å². The molecule has 4 atom stereocenters. The summed E-state index contributed by atoms with van der Waals surface area (Å²) in [7, 11) is 0. The van der Waals surface area contributed by atoms with Crippen molar-refractivity contribution in [2.75, 3.05) is 6.61 Å². The number of hydrogen-bond donors (Lipinski definition) is 2. The first-order chi connectivity index (χ1) is 14.3. The molecular formula is C25H28ClNO3. The molecule has 4 nitrogen and oxygen atoms in total. The molecule has 158 valence electrons. The van der Waals surface area contributed by atoms with Gasteiger partial charge < -0.3 is 20.3 Å². The summed E-state index contributed by atoms with van der Waals surface area (Å²) < 4.78 is 12.4. The molecule has 30 heavy (non-hydrogen) atoms. The largest absolute Gasteiger partial charge is 0.494 e. The predicted molar refractivity (Wildman–Crippen MR) is 120 cm³/mol. The highest BCUT2D eigenvalue weighted by molar-refractivity contribution is 6.29. The summed E-state index contributed by atoms with van der Waals surface area (Å²) in [5.74, 6) is 1.19. The van der Waals surface area contributed by atoms with E-state index in [-0.39, 0.29) is 5.92 Å². The zero-order valence-electron chi connectivity index (χ0n) is 17.6. The van der Waals surface area contributed by atoms with E-state index >= 15 is 0 Å². The molecule has 1 aliphatic heterocycles. The lowest BCUT2D eigenvalue weighted by atomic mass is 9.71. The molecule has 1 aliphatic carbocycles. The molecule has 2 aromatic rings. The molecule has 4 rings (SSSR count). The van der Waals surface area contributed by atoms with Gasteiger partial charge in [0.15, 0.2) is 11.2 Å². The number of rotatable bonds is 5. The van der Waals surface area contributed by atoms with Crippen LogP contribution in [0.3, 0.4) is 0 Å². The Labute approximate surface area is 183 Å². The number of aliphatic hydroxyl groups is 1. The summed E-state index contributed by atoms with van der Waals surface area (Å²) in [4.78, 5) is 0. The Hall–Kier alpha value is -2.27. The zero-order chi connectivity index (χ0) is 21.5. The summed E-state index contributed by atoms with van der Waals surface area (Å²) >= 11 is 6.10. The molecule has 0 radical (unpaired) electrons. The van der Waals surface area contributed by atoms with E-state index in [1.807, 2.05) is 69.3 Å². The highest BCUT2D eigenvalue weighted by Gasteiger charge is 2.71. The highest BCUT2D eigenvalue weighted by Crippen LogP contribution is 2.64. The number of hydrogen-bond acceptors (Lipinski definition) is 4. The van der Waals surface area contributed by atoms with Crippen molar-refractivity contribution >= 4 is 11.6 Å². The summed E-state index contributed by atoms with van der Waals surface area (Å²) in [5, 5.41) is 12.9. The van der Waals surface area contributed by atoms with Crippen molar-refractivity contribution in [3.63, 3.8) is 0 Å². The number of nitrogens with two attached hydrogens (primary N) is 1. The maximum Gasteiger partial charge on any atom is 0.171 e. The van der Waals surface area contributed by atoms with Crippen LogP contribution in [0, 0.1) is 0 Å². The Morgan fingerprint density at radius 1 is 1.23 bits per heavy atom. The lowest BCUT2D eigenvalue weighted by Crippen LogP contribution is -2.57. The fourth-order valence-electron chi connectivity index (χ4n) is 5.09. The molecule has 2 aromatic carbocycles. The molecule has 1 heterocycles. The fraction of sp³-hybridized carbons (Fsp3) is 0.360. The third-order valence-electron chi connectivity index (χ3n) is 6.38. The van der Waals surface area contributed by atoms with E-state index in [0.29, 0.717) is 35.1 Å². The van der Waals surface area contributed by atoms with Crippen LogP contribution in [0.4, 0.5) is 0 Å². The molecule has 1 fully saturated rings. The summed E-state index contributed by atoms with van der Waals surface area (Å²) in [6, 6.07) is 15.2. The van der Waals surface area contributed by atoms with Crippen molar-refractivity contribution in [1.29, 1.82) is 0 Å². The van der Waals surface area contributed by atoms with E-state index in [1.165, 1.54) is 0 Å². The van der Waals surface area contributed by atoms with Crippen LogP contribution in [0.1, 0.15) is 44.2 Å². The summed E-state index contributed by atoms with van der Waals surface area (Å²) in [5.41, 5.74) is 6.90. The van der Waals surface area contributed by atoms with Gasteiger partial charge in [-0.25, -0.2) is 0 Å². The molecule has 0 bridgehead atoms. The molecule has 1 saturated carbocycles. The van der Waals surface area contributed by atoms with Gasteiger partial charge in [0.25, 0.3) is 0 Å².